The Morgan fingerprint density at radius 3 is 2.18 bits per heavy atom. The van der Waals surface area contributed by atoms with Crippen LogP contribution in [0.3, 0.4) is 0 Å². The first kappa shape index (κ1) is 19.2. The smallest absolute Gasteiger partial charge is 0.411 e. The van der Waals surface area contributed by atoms with Crippen molar-refractivity contribution in [2.75, 3.05) is 17.7 Å². The Labute approximate surface area is 161 Å². The molecule has 6 nitrogen and oxygen atoms in total. The molecule has 1 aromatic heterocycles. The first-order valence-corrected chi connectivity index (χ1v) is 8.60. The van der Waals surface area contributed by atoms with Gasteiger partial charge in [0.1, 0.15) is 5.82 Å². The Morgan fingerprint density at radius 2 is 1.57 bits per heavy atom. The van der Waals surface area contributed by atoms with E-state index in [2.05, 4.69) is 19.9 Å². The molecule has 0 atom stereocenters. The molecule has 7 heteroatoms. The predicted octanol–water partition coefficient (Wildman–Crippen LogP) is 4.66. The number of nitrogens with one attached hydrogen (secondary N) is 2. The lowest BCUT2D eigenvalue weighted by Crippen LogP contribution is -2.14. The molecule has 0 aliphatic heterocycles. The molecule has 0 aliphatic rings. The third-order valence-electron chi connectivity index (χ3n) is 4.31. The van der Waals surface area contributed by atoms with Gasteiger partial charge < -0.3 is 14.6 Å². The fraction of sp³-hybridized carbons (Fsp3) is 0.143. The van der Waals surface area contributed by atoms with Gasteiger partial charge in [0.05, 0.1) is 12.8 Å². The van der Waals surface area contributed by atoms with E-state index in [1.807, 2.05) is 38.1 Å². The van der Waals surface area contributed by atoms with E-state index in [4.69, 9.17) is 0 Å². The Bertz CT molecular complexity index is 1010. The van der Waals surface area contributed by atoms with Crippen LogP contribution in [0.2, 0.25) is 0 Å². The number of carbonyl (C=O) groups is 2. The van der Waals surface area contributed by atoms with Crippen LogP contribution in [-0.2, 0) is 4.74 Å². The zero-order valence-electron chi connectivity index (χ0n) is 15.7. The van der Waals surface area contributed by atoms with Gasteiger partial charge in [0.15, 0.2) is 0 Å². The van der Waals surface area contributed by atoms with Crippen LogP contribution in [0.4, 0.5) is 20.6 Å². The number of aromatic nitrogens is 1. The second-order valence-electron chi connectivity index (χ2n) is 6.26. The van der Waals surface area contributed by atoms with Crippen LogP contribution < -0.4 is 10.6 Å². The molecule has 0 fully saturated rings. The van der Waals surface area contributed by atoms with E-state index in [9.17, 15) is 14.0 Å². The molecule has 0 saturated carbocycles. The maximum Gasteiger partial charge on any atom is 0.411 e. The minimum Gasteiger partial charge on any atom is -0.453 e. The molecule has 0 spiro atoms. The zero-order valence-corrected chi connectivity index (χ0v) is 15.7. The van der Waals surface area contributed by atoms with E-state index in [0.717, 1.165) is 23.1 Å². The van der Waals surface area contributed by atoms with Crippen molar-refractivity contribution in [3.63, 3.8) is 0 Å². The van der Waals surface area contributed by atoms with Gasteiger partial charge in [-0.1, -0.05) is 0 Å². The number of nitrogens with zero attached hydrogens (tertiary/aromatic N) is 1. The Balaban J connectivity index is 1.76. The number of hydrogen-bond acceptors (Lipinski definition) is 3. The van der Waals surface area contributed by atoms with Gasteiger partial charge in [0.2, 0.25) is 0 Å². The number of hydrogen-bond donors (Lipinski definition) is 2. The number of amides is 2. The number of methoxy groups -OCH3 is 1. The number of rotatable bonds is 4. The molecule has 0 unspecified atom stereocenters. The number of ether oxygens (including phenoxy) is 1. The van der Waals surface area contributed by atoms with E-state index >= 15 is 0 Å². The van der Waals surface area contributed by atoms with E-state index in [1.54, 1.807) is 12.1 Å². The van der Waals surface area contributed by atoms with Crippen LogP contribution in [-0.4, -0.2) is 23.7 Å². The summed E-state index contributed by atoms with van der Waals surface area (Å²) in [6, 6.07) is 15.1. The van der Waals surface area contributed by atoms with E-state index in [-0.39, 0.29) is 11.6 Å². The Kier molecular flexibility index (Phi) is 5.44. The van der Waals surface area contributed by atoms with Crippen molar-refractivity contribution in [2.24, 2.45) is 0 Å². The largest absolute Gasteiger partial charge is 0.453 e. The van der Waals surface area contributed by atoms with E-state index < -0.39 is 11.9 Å². The number of aryl methyl sites for hydroxylation is 2. The van der Waals surface area contributed by atoms with Gasteiger partial charge in [-0.15, -0.1) is 0 Å². The van der Waals surface area contributed by atoms with Crippen LogP contribution >= 0.6 is 0 Å². The van der Waals surface area contributed by atoms with Crippen molar-refractivity contribution < 1.29 is 18.7 Å². The first-order valence-electron chi connectivity index (χ1n) is 8.60. The van der Waals surface area contributed by atoms with Crippen molar-refractivity contribution >= 4 is 23.4 Å². The van der Waals surface area contributed by atoms with Gasteiger partial charge in [0.25, 0.3) is 5.91 Å². The molecular weight excluding hydrogens is 361 g/mol. The summed E-state index contributed by atoms with van der Waals surface area (Å²) in [7, 11) is 1.18. The fourth-order valence-corrected chi connectivity index (χ4v) is 2.90. The van der Waals surface area contributed by atoms with Crippen molar-refractivity contribution in [2.45, 2.75) is 13.8 Å². The summed E-state index contributed by atoms with van der Waals surface area (Å²) in [6.45, 7) is 4.03. The lowest BCUT2D eigenvalue weighted by Gasteiger charge is -2.11. The predicted molar refractivity (Wildman–Crippen MR) is 106 cm³/mol. The third kappa shape index (κ3) is 4.03. The molecule has 0 radical (unpaired) electrons. The van der Waals surface area contributed by atoms with Crippen LogP contribution in [0, 0.1) is 19.7 Å². The Morgan fingerprint density at radius 1 is 0.929 bits per heavy atom. The lowest BCUT2D eigenvalue weighted by atomic mass is 10.1. The number of halogens is 1. The van der Waals surface area contributed by atoms with Crippen molar-refractivity contribution in [1.29, 1.82) is 0 Å². The van der Waals surface area contributed by atoms with Crippen molar-refractivity contribution in [3.8, 4) is 5.69 Å². The van der Waals surface area contributed by atoms with Crippen LogP contribution in [0.1, 0.15) is 21.7 Å². The number of carbonyl (C=O) groups excluding carboxylic acids is 2. The SMILES string of the molecule is COC(=O)Nc1cc(NC(=O)c2ccc(-n3c(C)ccc3C)cc2)ccc1F. The molecule has 2 amide bonds. The minimum atomic E-state index is -0.798. The monoisotopic (exact) mass is 381 g/mol. The highest BCUT2D eigenvalue weighted by Gasteiger charge is 2.11. The van der Waals surface area contributed by atoms with Crippen LogP contribution in [0.15, 0.2) is 54.6 Å². The lowest BCUT2D eigenvalue weighted by molar-refractivity contribution is 0.102. The standard InChI is InChI=1S/C21H20FN3O3/c1-13-4-5-14(2)25(13)17-9-6-15(7-10-17)20(26)23-16-8-11-18(22)19(12-16)24-21(27)28-3/h4-12H,1-3H3,(H,23,26)(H,24,27). The number of benzene rings is 2. The molecule has 2 N–H and O–H groups in total. The highest BCUT2D eigenvalue weighted by atomic mass is 19.1. The summed E-state index contributed by atoms with van der Waals surface area (Å²) >= 11 is 0. The van der Waals surface area contributed by atoms with Gasteiger partial charge in [-0.25, -0.2) is 9.18 Å². The average Bonchev–Trinajstić information content (AvgIpc) is 3.02. The summed E-state index contributed by atoms with van der Waals surface area (Å²) in [5.74, 6) is -0.978. The zero-order chi connectivity index (χ0) is 20.3. The van der Waals surface area contributed by atoms with Crippen molar-refractivity contribution in [3.05, 3.63) is 77.4 Å². The van der Waals surface area contributed by atoms with Gasteiger partial charge in [0, 0.05) is 28.3 Å². The van der Waals surface area contributed by atoms with Crippen LogP contribution in [0.25, 0.3) is 5.69 Å². The summed E-state index contributed by atoms with van der Waals surface area (Å²) in [5.41, 5.74) is 3.89. The van der Waals surface area contributed by atoms with Crippen molar-refractivity contribution in [1.82, 2.24) is 4.57 Å². The molecule has 28 heavy (non-hydrogen) atoms. The molecule has 144 valence electrons. The average molecular weight is 381 g/mol. The highest BCUT2D eigenvalue weighted by molar-refractivity contribution is 6.04. The topological polar surface area (TPSA) is 72.4 Å². The minimum absolute atomic E-state index is 0.0847. The normalized spacial score (nSPS) is 10.4. The summed E-state index contributed by atoms with van der Waals surface area (Å²) in [4.78, 5) is 23.8. The molecule has 2 aromatic carbocycles. The van der Waals surface area contributed by atoms with Crippen LogP contribution in [0.5, 0.6) is 0 Å². The van der Waals surface area contributed by atoms with Gasteiger partial charge in [-0.05, 0) is 68.4 Å². The molecular formula is C21H20FN3O3. The summed E-state index contributed by atoms with van der Waals surface area (Å²) in [5, 5.41) is 4.95. The van der Waals surface area contributed by atoms with Gasteiger partial charge >= 0.3 is 6.09 Å². The fourth-order valence-electron chi connectivity index (χ4n) is 2.90. The van der Waals surface area contributed by atoms with Gasteiger partial charge in [-0.3, -0.25) is 10.1 Å². The second-order valence-corrected chi connectivity index (χ2v) is 6.26. The number of anilines is 2. The summed E-state index contributed by atoms with van der Waals surface area (Å²) in [6.07, 6.45) is -0.798. The molecule has 3 rings (SSSR count). The quantitative estimate of drug-likeness (QED) is 0.690. The molecule has 3 aromatic rings. The first-order chi connectivity index (χ1) is 13.4. The second kappa shape index (κ2) is 7.96. The molecule has 0 aliphatic carbocycles. The molecule has 0 bridgehead atoms. The third-order valence-corrected chi connectivity index (χ3v) is 4.31. The maximum atomic E-state index is 13.8. The highest BCUT2D eigenvalue weighted by Crippen LogP contribution is 2.21. The molecule has 0 saturated heterocycles. The maximum absolute atomic E-state index is 13.8. The summed E-state index contributed by atoms with van der Waals surface area (Å²) < 4.78 is 20.3. The van der Waals surface area contributed by atoms with E-state index in [0.29, 0.717) is 11.3 Å². The Hall–Kier alpha value is -3.61. The van der Waals surface area contributed by atoms with Gasteiger partial charge in [-0.2, -0.15) is 0 Å². The molecule has 1 heterocycles. The van der Waals surface area contributed by atoms with E-state index in [1.165, 1.54) is 19.2 Å².